The predicted molar refractivity (Wildman–Crippen MR) is 58.8 cm³/mol. The number of ether oxygens (including phenoxy) is 1. The molecule has 4 nitrogen and oxygen atoms in total. The van der Waals surface area contributed by atoms with E-state index >= 15 is 0 Å². The molecule has 0 atom stereocenters. The second-order valence-corrected chi connectivity index (χ2v) is 3.60. The molecule has 17 heavy (non-hydrogen) atoms. The summed E-state index contributed by atoms with van der Waals surface area (Å²) in [5.74, 6) is -1.28. The first-order chi connectivity index (χ1) is 7.99. The van der Waals surface area contributed by atoms with Gasteiger partial charge in [-0.2, -0.15) is 5.10 Å². The molecule has 1 heterocycles. The molecule has 2 aromatic rings. The number of hydrogen-bond acceptors (Lipinski definition) is 3. The summed E-state index contributed by atoms with van der Waals surface area (Å²) in [6.07, 6.45) is 0. The SMILES string of the molecule is Cc1nn(C)c(Oc2cc(F)ccc2F)c1N. The molecule has 2 rings (SSSR count). The summed E-state index contributed by atoms with van der Waals surface area (Å²) in [5, 5.41) is 4.01. The molecule has 0 radical (unpaired) electrons. The summed E-state index contributed by atoms with van der Waals surface area (Å²) in [6, 6.07) is 2.96. The predicted octanol–water partition coefficient (Wildman–Crippen LogP) is 2.38. The summed E-state index contributed by atoms with van der Waals surface area (Å²) >= 11 is 0. The summed E-state index contributed by atoms with van der Waals surface area (Å²) in [5.41, 5.74) is 6.59. The van der Waals surface area contributed by atoms with Gasteiger partial charge in [0, 0.05) is 13.1 Å². The van der Waals surface area contributed by atoms with Crippen LogP contribution in [0.15, 0.2) is 18.2 Å². The highest BCUT2D eigenvalue weighted by Crippen LogP contribution is 2.30. The minimum absolute atomic E-state index is 0.187. The van der Waals surface area contributed by atoms with Crippen molar-refractivity contribution in [2.24, 2.45) is 7.05 Å². The van der Waals surface area contributed by atoms with Crippen molar-refractivity contribution in [3.8, 4) is 11.6 Å². The van der Waals surface area contributed by atoms with Crippen LogP contribution in [0.4, 0.5) is 14.5 Å². The third kappa shape index (κ3) is 2.06. The zero-order valence-electron chi connectivity index (χ0n) is 9.37. The van der Waals surface area contributed by atoms with Gasteiger partial charge >= 0.3 is 0 Å². The average molecular weight is 239 g/mol. The molecule has 2 N–H and O–H groups in total. The minimum Gasteiger partial charge on any atom is -0.434 e. The van der Waals surface area contributed by atoms with Crippen molar-refractivity contribution in [3.63, 3.8) is 0 Å². The topological polar surface area (TPSA) is 53.1 Å². The molecule has 6 heteroatoms. The molecule has 1 aromatic heterocycles. The molecule has 0 aliphatic rings. The lowest BCUT2D eigenvalue weighted by molar-refractivity contribution is 0.401. The van der Waals surface area contributed by atoms with Crippen molar-refractivity contribution >= 4 is 5.69 Å². The van der Waals surface area contributed by atoms with E-state index in [1.807, 2.05) is 0 Å². The lowest BCUT2D eigenvalue weighted by atomic mass is 10.3. The fraction of sp³-hybridized carbons (Fsp3) is 0.182. The van der Waals surface area contributed by atoms with E-state index in [1.54, 1.807) is 14.0 Å². The summed E-state index contributed by atoms with van der Waals surface area (Å²) in [4.78, 5) is 0. The zero-order valence-corrected chi connectivity index (χ0v) is 9.37. The second kappa shape index (κ2) is 4.04. The average Bonchev–Trinajstić information content (AvgIpc) is 2.50. The highest BCUT2D eigenvalue weighted by atomic mass is 19.1. The lowest BCUT2D eigenvalue weighted by Gasteiger charge is -2.07. The first-order valence-electron chi connectivity index (χ1n) is 4.91. The van der Waals surface area contributed by atoms with Gasteiger partial charge in [0.2, 0.25) is 5.88 Å². The third-order valence-electron chi connectivity index (χ3n) is 2.31. The number of hydrogen-bond donors (Lipinski definition) is 1. The van der Waals surface area contributed by atoms with Gasteiger partial charge in [-0.1, -0.05) is 0 Å². The van der Waals surface area contributed by atoms with Gasteiger partial charge < -0.3 is 10.5 Å². The number of aryl methyl sites for hydroxylation is 2. The van der Waals surface area contributed by atoms with Crippen molar-refractivity contribution in [1.29, 1.82) is 0 Å². The van der Waals surface area contributed by atoms with Gasteiger partial charge in [-0.25, -0.2) is 13.5 Å². The summed E-state index contributed by atoms with van der Waals surface area (Å²) in [6.45, 7) is 1.70. The Morgan fingerprint density at radius 1 is 1.35 bits per heavy atom. The van der Waals surface area contributed by atoms with Crippen molar-refractivity contribution in [2.45, 2.75) is 6.92 Å². The number of nitrogens with zero attached hydrogens (tertiary/aromatic N) is 2. The van der Waals surface area contributed by atoms with E-state index in [0.717, 1.165) is 18.2 Å². The van der Waals surface area contributed by atoms with E-state index < -0.39 is 11.6 Å². The van der Waals surface area contributed by atoms with Crippen molar-refractivity contribution in [1.82, 2.24) is 9.78 Å². The zero-order chi connectivity index (χ0) is 12.6. The van der Waals surface area contributed by atoms with Crippen LogP contribution in [-0.2, 0) is 7.05 Å². The largest absolute Gasteiger partial charge is 0.434 e. The highest BCUT2D eigenvalue weighted by Gasteiger charge is 2.14. The van der Waals surface area contributed by atoms with Crippen LogP contribution in [0.1, 0.15) is 5.69 Å². The van der Waals surface area contributed by atoms with Crippen LogP contribution < -0.4 is 10.5 Å². The normalized spacial score (nSPS) is 10.6. The molecule has 0 amide bonds. The molecule has 90 valence electrons. The molecule has 1 aromatic carbocycles. The maximum Gasteiger partial charge on any atom is 0.241 e. The number of aromatic nitrogens is 2. The van der Waals surface area contributed by atoms with E-state index in [9.17, 15) is 8.78 Å². The molecular formula is C11H11F2N3O. The molecule has 0 spiro atoms. The standard InChI is InChI=1S/C11H11F2N3O/c1-6-10(14)11(16(2)15-6)17-9-5-7(12)3-4-8(9)13/h3-5H,14H2,1-2H3. The fourth-order valence-electron chi connectivity index (χ4n) is 1.43. The number of benzene rings is 1. The van der Waals surface area contributed by atoms with Crippen LogP contribution >= 0.6 is 0 Å². The van der Waals surface area contributed by atoms with Gasteiger partial charge in [0.05, 0.1) is 5.69 Å². The quantitative estimate of drug-likeness (QED) is 0.875. The molecule has 0 unspecified atom stereocenters. The maximum absolute atomic E-state index is 13.4. The van der Waals surface area contributed by atoms with Crippen LogP contribution in [0.5, 0.6) is 11.6 Å². The third-order valence-corrected chi connectivity index (χ3v) is 2.31. The molecule has 0 saturated carbocycles. The Kier molecular flexibility index (Phi) is 2.71. The Morgan fingerprint density at radius 3 is 2.65 bits per heavy atom. The maximum atomic E-state index is 13.4. The van der Waals surface area contributed by atoms with Gasteiger partial charge in [0.25, 0.3) is 0 Å². The molecule has 0 aliphatic heterocycles. The number of halogens is 2. The van der Waals surface area contributed by atoms with Crippen LogP contribution in [0.25, 0.3) is 0 Å². The number of rotatable bonds is 2. The molecular weight excluding hydrogens is 228 g/mol. The molecule has 0 aliphatic carbocycles. The summed E-state index contributed by atoms with van der Waals surface area (Å²) < 4.78 is 32.9. The monoisotopic (exact) mass is 239 g/mol. The number of nitrogens with two attached hydrogens (primary N) is 1. The van der Waals surface area contributed by atoms with Gasteiger partial charge in [-0.3, -0.25) is 0 Å². The smallest absolute Gasteiger partial charge is 0.241 e. The summed E-state index contributed by atoms with van der Waals surface area (Å²) in [7, 11) is 1.61. The van der Waals surface area contributed by atoms with E-state index in [0.29, 0.717) is 11.4 Å². The van der Waals surface area contributed by atoms with Gasteiger partial charge in [0.15, 0.2) is 11.6 Å². The Bertz CT molecular complexity index is 566. The lowest BCUT2D eigenvalue weighted by Crippen LogP contribution is -1.98. The Labute approximate surface area is 96.6 Å². The Balaban J connectivity index is 2.41. The first kappa shape index (κ1) is 11.4. The van der Waals surface area contributed by atoms with E-state index in [4.69, 9.17) is 10.5 Å². The van der Waals surface area contributed by atoms with Crippen LogP contribution in [-0.4, -0.2) is 9.78 Å². The number of anilines is 1. The minimum atomic E-state index is -0.662. The van der Waals surface area contributed by atoms with E-state index in [-0.39, 0.29) is 11.6 Å². The highest BCUT2D eigenvalue weighted by molar-refractivity contribution is 5.53. The van der Waals surface area contributed by atoms with E-state index in [1.165, 1.54) is 4.68 Å². The fourth-order valence-corrected chi connectivity index (χ4v) is 1.43. The van der Waals surface area contributed by atoms with Gasteiger partial charge in [0.1, 0.15) is 11.5 Å². The molecule has 0 bridgehead atoms. The van der Waals surface area contributed by atoms with Crippen LogP contribution in [0.2, 0.25) is 0 Å². The molecule has 0 saturated heterocycles. The Hall–Kier alpha value is -2.11. The van der Waals surface area contributed by atoms with Crippen LogP contribution in [0.3, 0.4) is 0 Å². The first-order valence-corrected chi connectivity index (χ1v) is 4.91. The van der Waals surface area contributed by atoms with Crippen molar-refractivity contribution in [3.05, 3.63) is 35.5 Å². The number of nitrogen functional groups attached to an aromatic ring is 1. The van der Waals surface area contributed by atoms with Crippen molar-refractivity contribution in [2.75, 3.05) is 5.73 Å². The Morgan fingerprint density at radius 2 is 2.06 bits per heavy atom. The second-order valence-electron chi connectivity index (χ2n) is 3.60. The van der Waals surface area contributed by atoms with Gasteiger partial charge in [-0.15, -0.1) is 0 Å². The van der Waals surface area contributed by atoms with Gasteiger partial charge in [-0.05, 0) is 19.1 Å². The van der Waals surface area contributed by atoms with Crippen LogP contribution in [0, 0.1) is 18.6 Å². The van der Waals surface area contributed by atoms with E-state index in [2.05, 4.69) is 5.10 Å². The van der Waals surface area contributed by atoms with Crippen molar-refractivity contribution < 1.29 is 13.5 Å². The molecule has 0 fully saturated rings.